The van der Waals surface area contributed by atoms with Crippen LogP contribution in [0.4, 0.5) is 10.6 Å². The molecule has 11 nitrogen and oxygen atoms in total. The smallest absolute Gasteiger partial charge is 0.416 e. The Morgan fingerprint density at radius 3 is 2.23 bits per heavy atom. The van der Waals surface area contributed by atoms with Crippen molar-refractivity contribution in [3.63, 3.8) is 0 Å². The average molecular weight is 603 g/mol. The summed E-state index contributed by atoms with van der Waals surface area (Å²) in [6.45, 7) is 7.60. The minimum absolute atomic E-state index is 0.0723. The first-order chi connectivity index (χ1) is 20.8. The largest absolute Gasteiger partial charge is 0.497 e. The molecule has 1 aliphatic rings. The number of carboxylic acids is 1. The van der Waals surface area contributed by atoms with Gasteiger partial charge in [0.05, 0.1) is 13.7 Å². The number of anilines is 1. The molecular weight excluding hydrogens is 564 g/mol. The number of ether oxygens (including phenoxy) is 2. The number of β-lactam (4-membered cyclic amide) rings is 1. The van der Waals surface area contributed by atoms with Crippen molar-refractivity contribution in [3.05, 3.63) is 89.1 Å². The number of hydrogen-bond acceptors (Lipinski definition) is 7. The summed E-state index contributed by atoms with van der Waals surface area (Å²) in [5.41, 5.74) is 2.30. The molecule has 232 valence electrons. The van der Waals surface area contributed by atoms with Crippen molar-refractivity contribution < 1.29 is 33.8 Å². The van der Waals surface area contributed by atoms with Crippen LogP contribution >= 0.6 is 0 Å². The maximum Gasteiger partial charge on any atom is 0.416 e. The molecule has 2 N–H and O–H groups in total. The third-order valence-electron chi connectivity index (χ3n) is 7.03. The highest BCUT2D eigenvalue weighted by atomic mass is 16.6. The van der Waals surface area contributed by atoms with Crippen molar-refractivity contribution in [3.8, 4) is 5.75 Å². The molecule has 2 aromatic carbocycles. The van der Waals surface area contributed by atoms with Gasteiger partial charge in [-0.2, -0.15) is 0 Å². The van der Waals surface area contributed by atoms with Crippen molar-refractivity contribution in [2.24, 2.45) is 5.92 Å². The zero-order valence-corrected chi connectivity index (χ0v) is 25.6. The summed E-state index contributed by atoms with van der Waals surface area (Å²) in [4.78, 5) is 58.6. The number of rotatable bonds is 11. The number of amides is 3. The lowest BCUT2D eigenvalue weighted by molar-refractivity contribution is -0.161. The van der Waals surface area contributed by atoms with E-state index in [4.69, 9.17) is 9.47 Å². The molecule has 1 saturated heterocycles. The van der Waals surface area contributed by atoms with E-state index in [2.05, 4.69) is 10.3 Å². The van der Waals surface area contributed by atoms with E-state index in [-0.39, 0.29) is 19.6 Å². The van der Waals surface area contributed by atoms with Crippen LogP contribution in [0.15, 0.2) is 66.7 Å². The zero-order valence-electron chi connectivity index (χ0n) is 25.6. The fourth-order valence-corrected chi connectivity index (χ4v) is 4.85. The second kappa shape index (κ2) is 13.6. The lowest BCUT2D eigenvalue weighted by Crippen LogP contribution is -2.66. The highest BCUT2D eigenvalue weighted by molar-refractivity contribution is 6.11. The lowest BCUT2D eigenvalue weighted by Gasteiger charge is -2.36. The summed E-state index contributed by atoms with van der Waals surface area (Å²) in [7, 11) is 1.58. The Morgan fingerprint density at radius 1 is 0.955 bits per heavy atom. The van der Waals surface area contributed by atoms with E-state index in [1.54, 1.807) is 59.1 Å². The number of hydrogen-bond donors (Lipinski definition) is 2. The van der Waals surface area contributed by atoms with Crippen molar-refractivity contribution in [2.75, 3.05) is 18.6 Å². The molecule has 0 unspecified atom stereocenters. The van der Waals surface area contributed by atoms with Crippen molar-refractivity contribution in [1.82, 2.24) is 15.2 Å². The standard InChI is InChI=1S/C33H38N4O7/c1-21-17-24(18-26(34-21)37(32(42)44-33(2,3)4)20-23-11-13-25(43-5)14-12-23)19-36(16-15-22-9-7-6-8-10-22)30(39)27-28(31(40)41)35-29(27)38/h6-14,17-18,27-28H,15-16,19-20H2,1-5H3,(H,35,38)(H,40,41)/t27-,28+/m1/s1. The molecule has 3 aromatic rings. The number of carbonyl (C=O) groups excluding carboxylic acids is 3. The molecule has 4 rings (SSSR count). The van der Waals surface area contributed by atoms with Gasteiger partial charge < -0.3 is 24.8 Å². The quantitative estimate of drug-likeness (QED) is 0.247. The number of aliphatic carboxylic acids is 1. The van der Waals surface area contributed by atoms with Gasteiger partial charge in [0.15, 0.2) is 0 Å². The Bertz CT molecular complexity index is 1500. The van der Waals surface area contributed by atoms with Gasteiger partial charge in [-0.3, -0.25) is 14.5 Å². The first-order valence-electron chi connectivity index (χ1n) is 14.3. The number of carbonyl (C=O) groups is 4. The molecule has 1 fully saturated rings. The molecule has 1 aromatic heterocycles. The maximum atomic E-state index is 13.6. The predicted octanol–water partition coefficient (Wildman–Crippen LogP) is 4.11. The second-order valence-corrected chi connectivity index (χ2v) is 11.7. The van der Waals surface area contributed by atoms with E-state index in [0.29, 0.717) is 29.2 Å². The minimum atomic E-state index is -1.32. The summed E-state index contributed by atoms with van der Waals surface area (Å²) in [5.74, 6) is -2.77. The number of methoxy groups -OCH3 is 1. The van der Waals surface area contributed by atoms with Crippen LogP contribution in [0.1, 0.15) is 43.2 Å². The number of aromatic nitrogens is 1. The molecule has 44 heavy (non-hydrogen) atoms. The molecule has 0 radical (unpaired) electrons. The Kier molecular flexibility index (Phi) is 9.87. The van der Waals surface area contributed by atoms with E-state index in [1.165, 1.54) is 9.80 Å². The molecule has 11 heteroatoms. The van der Waals surface area contributed by atoms with Gasteiger partial charge in [-0.25, -0.2) is 14.6 Å². The molecule has 2 atom stereocenters. The van der Waals surface area contributed by atoms with Gasteiger partial charge in [0.2, 0.25) is 11.8 Å². The molecule has 3 amide bonds. The summed E-state index contributed by atoms with van der Waals surface area (Å²) < 4.78 is 11.0. The van der Waals surface area contributed by atoms with E-state index in [0.717, 1.165) is 11.1 Å². The van der Waals surface area contributed by atoms with Crippen LogP contribution in [0.3, 0.4) is 0 Å². The highest BCUT2D eigenvalue weighted by Gasteiger charge is 2.50. The van der Waals surface area contributed by atoms with Crippen LogP contribution in [0.5, 0.6) is 5.75 Å². The Hall–Kier alpha value is -4.93. The Morgan fingerprint density at radius 2 is 1.64 bits per heavy atom. The van der Waals surface area contributed by atoms with Crippen LogP contribution in [-0.2, 0) is 38.6 Å². The average Bonchev–Trinajstić information content (AvgIpc) is 2.96. The van der Waals surface area contributed by atoms with Gasteiger partial charge in [0.1, 0.15) is 29.1 Å². The summed E-state index contributed by atoms with van der Waals surface area (Å²) in [6, 6.07) is 19.1. The highest BCUT2D eigenvalue weighted by Crippen LogP contribution is 2.25. The Labute approximate surface area is 256 Å². The van der Waals surface area contributed by atoms with Crippen LogP contribution in [0.25, 0.3) is 0 Å². The van der Waals surface area contributed by atoms with Crippen LogP contribution in [0, 0.1) is 12.8 Å². The molecule has 0 aliphatic carbocycles. The van der Waals surface area contributed by atoms with Crippen molar-refractivity contribution in [1.29, 1.82) is 0 Å². The predicted molar refractivity (Wildman–Crippen MR) is 163 cm³/mol. The van der Waals surface area contributed by atoms with Crippen LogP contribution < -0.4 is 15.0 Å². The van der Waals surface area contributed by atoms with Crippen LogP contribution in [0.2, 0.25) is 0 Å². The van der Waals surface area contributed by atoms with Crippen molar-refractivity contribution in [2.45, 2.75) is 58.8 Å². The van der Waals surface area contributed by atoms with Gasteiger partial charge in [-0.05, 0) is 75.1 Å². The topological polar surface area (TPSA) is 138 Å². The first kappa shape index (κ1) is 32.0. The molecule has 2 heterocycles. The summed E-state index contributed by atoms with van der Waals surface area (Å²) in [5, 5.41) is 11.8. The van der Waals surface area contributed by atoms with Gasteiger partial charge in [-0.15, -0.1) is 0 Å². The van der Waals surface area contributed by atoms with Crippen molar-refractivity contribution >= 4 is 29.7 Å². The number of carboxylic acid groups (broad SMARTS) is 1. The number of benzene rings is 2. The molecule has 0 spiro atoms. The molecular formula is C33H38N4O7. The summed E-state index contributed by atoms with van der Waals surface area (Å²) >= 11 is 0. The maximum absolute atomic E-state index is 13.6. The number of nitrogens with one attached hydrogen (secondary N) is 1. The minimum Gasteiger partial charge on any atom is -0.497 e. The van der Waals surface area contributed by atoms with Gasteiger partial charge in [0, 0.05) is 18.8 Å². The Balaban J connectivity index is 1.66. The SMILES string of the molecule is COc1ccc(CN(C(=O)OC(C)(C)C)c2cc(CN(CCc3ccccc3)C(=O)[C@H]3C(=O)N[C@@H]3C(=O)O)cc(C)n2)cc1. The van der Waals surface area contributed by atoms with Gasteiger partial charge in [0.25, 0.3) is 0 Å². The molecule has 0 saturated carbocycles. The van der Waals surface area contributed by atoms with Gasteiger partial charge >= 0.3 is 12.1 Å². The zero-order chi connectivity index (χ0) is 32.0. The first-order valence-corrected chi connectivity index (χ1v) is 14.3. The second-order valence-electron chi connectivity index (χ2n) is 11.7. The summed E-state index contributed by atoms with van der Waals surface area (Å²) in [6.07, 6.45) is -0.0957. The monoisotopic (exact) mass is 602 g/mol. The third-order valence-corrected chi connectivity index (χ3v) is 7.03. The normalized spacial score (nSPS) is 15.9. The number of nitrogens with zero attached hydrogens (tertiary/aromatic N) is 3. The van der Waals surface area contributed by atoms with Gasteiger partial charge in [-0.1, -0.05) is 42.5 Å². The molecule has 1 aliphatic heterocycles. The lowest BCUT2D eigenvalue weighted by atomic mass is 9.89. The fourth-order valence-electron chi connectivity index (χ4n) is 4.85. The van der Waals surface area contributed by atoms with E-state index >= 15 is 0 Å². The van der Waals surface area contributed by atoms with E-state index in [1.807, 2.05) is 42.5 Å². The number of pyridine rings is 1. The fraction of sp³-hybridized carbons (Fsp3) is 0.364. The molecule has 0 bridgehead atoms. The third kappa shape index (κ3) is 8.12. The van der Waals surface area contributed by atoms with Crippen LogP contribution in [-0.4, -0.2) is 64.2 Å². The van der Waals surface area contributed by atoms with E-state index in [9.17, 15) is 24.3 Å². The number of aryl methyl sites for hydroxylation is 1. The van der Waals surface area contributed by atoms with E-state index < -0.39 is 41.4 Å².